The highest BCUT2D eigenvalue weighted by Crippen LogP contribution is 2.63. The molecule has 24 heavy (non-hydrogen) atoms. The summed E-state index contributed by atoms with van der Waals surface area (Å²) < 4.78 is 0. The Morgan fingerprint density at radius 1 is 1.38 bits per heavy atom. The molecule has 2 saturated carbocycles. The van der Waals surface area contributed by atoms with Gasteiger partial charge in [-0.3, -0.25) is 4.79 Å². The number of fused-ring (bicyclic) bond motifs is 3. The van der Waals surface area contributed by atoms with Crippen LogP contribution in [0.3, 0.4) is 0 Å². The lowest BCUT2D eigenvalue weighted by Crippen LogP contribution is -2.49. The number of hydrogen-bond acceptors (Lipinski definition) is 3. The molecule has 0 heterocycles. The van der Waals surface area contributed by atoms with Crippen molar-refractivity contribution in [3.8, 4) is 6.07 Å². The van der Waals surface area contributed by atoms with Gasteiger partial charge in [-0.05, 0) is 74.5 Å². The van der Waals surface area contributed by atoms with Crippen molar-refractivity contribution in [2.24, 2.45) is 17.3 Å². The van der Waals surface area contributed by atoms with Crippen LogP contribution >= 0.6 is 0 Å². The van der Waals surface area contributed by atoms with E-state index in [-0.39, 0.29) is 17.6 Å². The number of ketones is 1. The lowest BCUT2D eigenvalue weighted by atomic mass is 9.55. The Bertz CT molecular complexity index is 653. The monoisotopic (exact) mass is 327 g/mol. The van der Waals surface area contributed by atoms with Gasteiger partial charge in [0, 0.05) is 11.8 Å². The zero-order chi connectivity index (χ0) is 17.5. The van der Waals surface area contributed by atoms with E-state index in [0.717, 1.165) is 38.5 Å². The molecule has 4 atom stereocenters. The van der Waals surface area contributed by atoms with Crippen molar-refractivity contribution in [3.63, 3.8) is 0 Å². The molecule has 0 aromatic carbocycles. The summed E-state index contributed by atoms with van der Waals surface area (Å²) >= 11 is 0. The van der Waals surface area contributed by atoms with Crippen molar-refractivity contribution >= 4 is 5.78 Å². The topological polar surface area (TPSA) is 61.1 Å². The van der Waals surface area contributed by atoms with Gasteiger partial charge in [0.25, 0.3) is 0 Å². The van der Waals surface area contributed by atoms with Gasteiger partial charge in [-0.1, -0.05) is 19.4 Å². The maximum absolute atomic E-state index is 11.8. The van der Waals surface area contributed by atoms with E-state index in [1.165, 1.54) is 16.7 Å². The zero-order valence-electron chi connectivity index (χ0n) is 15.2. The highest BCUT2D eigenvalue weighted by atomic mass is 16.3. The molecule has 0 aromatic rings. The second-order valence-electron chi connectivity index (χ2n) is 8.21. The Balaban J connectivity index is 1.93. The second-order valence-corrected chi connectivity index (χ2v) is 8.21. The molecule has 3 aliphatic carbocycles. The van der Waals surface area contributed by atoms with Crippen LogP contribution in [-0.2, 0) is 4.79 Å². The van der Waals surface area contributed by atoms with Crippen LogP contribution in [0.15, 0.2) is 22.8 Å². The van der Waals surface area contributed by atoms with Crippen LogP contribution in [-0.4, -0.2) is 16.5 Å². The van der Waals surface area contributed by atoms with Gasteiger partial charge >= 0.3 is 0 Å². The standard InChI is InChI=1S/C21H29NO2/c1-4-16(23)13-15-5-6-18-17(14(15)2)7-9-20(3)19(18)8-10-21(20,24)11-12-22/h13,18-19,24H,4-11H2,1-3H3/b15-13-/t18?,19?,20-,21+/m0/s1. The lowest BCUT2D eigenvalue weighted by molar-refractivity contribution is -0.114. The quantitative estimate of drug-likeness (QED) is 0.778. The SMILES string of the molecule is CCC(=O)/C=C1/CCC2C(=C1C)CC[C@@]1(C)C2CC[C@@]1(O)CC#N. The van der Waals surface area contributed by atoms with Gasteiger partial charge < -0.3 is 5.11 Å². The van der Waals surface area contributed by atoms with Gasteiger partial charge in [-0.15, -0.1) is 0 Å². The molecule has 0 aliphatic heterocycles. The third kappa shape index (κ3) is 2.47. The van der Waals surface area contributed by atoms with Crippen molar-refractivity contribution in [2.75, 3.05) is 0 Å². The summed E-state index contributed by atoms with van der Waals surface area (Å²) in [5.41, 5.74) is 3.10. The van der Waals surface area contributed by atoms with Crippen molar-refractivity contribution in [3.05, 3.63) is 22.8 Å². The molecule has 1 N–H and O–H groups in total. The minimum atomic E-state index is -0.819. The highest BCUT2D eigenvalue weighted by molar-refractivity contribution is 5.90. The van der Waals surface area contributed by atoms with Crippen LogP contribution in [0.5, 0.6) is 0 Å². The molecule has 0 amide bonds. The van der Waals surface area contributed by atoms with Crippen molar-refractivity contribution in [2.45, 2.75) is 77.7 Å². The van der Waals surface area contributed by atoms with E-state index >= 15 is 0 Å². The first-order chi connectivity index (χ1) is 11.4. The molecule has 0 aromatic heterocycles. The Labute approximate surface area is 145 Å². The molecule has 3 nitrogen and oxygen atoms in total. The second kappa shape index (κ2) is 6.15. The van der Waals surface area contributed by atoms with E-state index in [4.69, 9.17) is 5.26 Å². The first-order valence-corrected chi connectivity index (χ1v) is 9.39. The van der Waals surface area contributed by atoms with E-state index in [1.54, 1.807) is 0 Å². The molecular formula is C21H29NO2. The number of allylic oxidation sites excluding steroid dienone is 4. The maximum atomic E-state index is 11.8. The van der Waals surface area contributed by atoms with E-state index in [1.807, 2.05) is 13.0 Å². The van der Waals surface area contributed by atoms with E-state index in [2.05, 4.69) is 19.9 Å². The van der Waals surface area contributed by atoms with Crippen LogP contribution in [0.4, 0.5) is 0 Å². The Morgan fingerprint density at radius 2 is 2.12 bits per heavy atom. The maximum Gasteiger partial charge on any atom is 0.155 e. The molecule has 2 unspecified atom stereocenters. The summed E-state index contributed by atoms with van der Waals surface area (Å²) in [5.74, 6) is 1.21. The van der Waals surface area contributed by atoms with Gasteiger partial charge in [-0.25, -0.2) is 0 Å². The first-order valence-electron chi connectivity index (χ1n) is 9.39. The van der Waals surface area contributed by atoms with Gasteiger partial charge in [0.05, 0.1) is 18.1 Å². The van der Waals surface area contributed by atoms with Crippen LogP contribution in [0.25, 0.3) is 0 Å². The molecule has 3 heteroatoms. The number of nitriles is 1. The number of carbonyl (C=O) groups excluding carboxylic acids is 1. The first kappa shape index (κ1) is 17.4. The molecule has 0 spiro atoms. The van der Waals surface area contributed by atoms with Gasteiger partial charge in [0.15, 0.2) is 5.78 Å². The third-order valence-electron chi connectivity index (χ3n) is 7.34. The number of hydrogen-bond donors (Lipinski definition) is 1. The smallest absolute Gasteiger partial charge is 0.155 e. The largest absolute Gasteiger partial charge is 0.388 e. The van der Waals surface area contributed by atoms with Gasteiger partial charge in [0.2, 0.25) is 0 Å². The minimum absolute atomic E-state index is 0.141. The normalized spacial score (nSPS) is 40.2. The van der Waals surface area contributed by atoms with Crippen LogP contribution in [0, 0.1) is 28.6 Å². The fourth-order valence-corrected chi connectivity index (χ4v) is 5.67. The molecule has 130 valence electrons. The summed E-state index contributed by atoms with van der Waals surface area (Å²) in [6, 6.07) is 2.22. The van der Waals surface area contributed by atoms with E-state index < -0.39 is 5.60 Å². The van der Waals surface area contributed by atoms with E-state index in [9.17, 15) is 9.90 Å². The summed E-state index contributed by atoms with van der Waals surface area (Å²) in [7, 11) is 0. The van der Waals surface area contributed by atoms with Gasteiger partial charge in [-0.2, -0.15) is 5.26 Å². The predicted octanol–water partition coefficient (Wildman–Crippen LogP) is 4.47. The third-order valence-corrected chi connectivity index (χ3v) is 7.34. The molecule has 0 radical (unpaired) electrons. The van der Waals surface area contributed by atoms with Crippen LogP contribution in [0.2, 0.25) is 0 Å². The van der Waals surface area contributed by atoms with E-state index in [0.29, 0.717) is 18.3 Å². The van der Waals surface area contributed by atoms with Crippen molar-refractivity contribution in [1.82, 2.24) is 0 Å². The lowest BCUT2D eigenvalue weighted by Gasteiger charge is -2.51. The molecule has 2 fully saturated rings. The summed E-state index contributed by atoms with van der Waals surface area (Å²) in [6.07, 6.45) is 8.44. The minimum Gasteiger partial charge on any atom is -0.388 e. The fourth-order valence-electron chi connectivity index (χ4n) is 5.67. The molecule has 0 bridgehead atoms. The number of carbonyl (C=O) groups is 1. The molecular weight excluding hydrogens is 298 g/mol. The fraction of sp³-hybridized carbons (Fsp3) is 0.714. The Kier molecular flexibility index (Phi) is 4.47. The average Bonchev–Trinajstić information content (AvgIpc) is 2.82. The highest BCUT2D eigenvalue weighted by Gasteiger charge is 2.60. The Hall–Kier alpha value is -1.40. The summed E-state index contributed by atoms with van der Waals surface area (Å²) in [6.45, 7) is 6.30. The van der Waals surface area contributed by atoms with Crippen LogP contribution in [0.1, 0.15) is 72.1 Å². The molecule has 0 saturated heterocycles. The number of rotatable bonds is 3. The van der Waals surface area contributed by atoms with Gasteiger partial charge in [0.1, 0.15) is 0 Å². The predicted molar refractivity (Wildman–Crippen MR) is 94.0 cm³/mol. The summed E-state index contributed by atoms with van der Waals surface area (Å²) in [4.78, 5) is 11.8. The average molecular weight is 327 g/mol. The zero-order valence-corrected chi connectivity index (χ0v) is 15.2. The van der Waals surface area contributed by atoms with Crippen LogP contribution < -0.4 is 0 Å². The number of aliphatic hydroxyl groups is 1. The Morgan fingerprint density at radius 3 is 2.79 bits per heavy atom. The summed E-state index contributed by atoms with van der Waals surface area (Å²) in [5, 5.41) is 20.3. The van der Waals surface area contributed by atoms with Crippen molar-refractivity contribution < 1.29 is 9.90 Å². The van der Waals surface area contributed by atoms with Crippen molar-refractivity contribution in [1.29, 1.82) is 5.26 Å². The molecule has 3 aliphatic rings. The molecule has 3 rings (SSSR count). The number of nitrogens with zero attached hydrogens (tertiary/aromatic N) is 1.